The lowest BCUT2D eigenvalue weighted by atomic mass is 10.2. The second-order valence-corrected chi connectivity index (χ2v) is 8.89. The van der Waals surface area contributed by atoms with Crippen LogP contribution in [0.2, 0.25) is 19.6 Å². The lowest BCUT2D eigenvalue weighted by Gasteiger charge is -2.10. The van der Waals surface area contributed by atoms with Crippen LogP contribution in [0.25, 0.3) is 0 Å². The molecule has 0 aliphatic heterocycles. The first-order valence-corrected chi connectivity index (χ1v) is 8.16. The van der Waals surface area contributed by atoms with Crippen molar-refractivity contribution >= 4 is 14.0 Å². The van der Waals surface area contributed by atoms with Crippen LogP contribution in [0.1, 0.15) is 13.3 Å². The molecular formula is C11H18O2Si. The van der Waals surface area contributed by atoms with Gasteiger partial charge in [0.15, 0.2) is 6.10 Å². The highest BCUT2D eigenvalue weighted by molar-refractivity contribution is 6.83. The normalized spacial score (nSPS) is 12.3. The Morgan fingerprint density at radius 1 is 1.57 bits per heavy atom. The molecule has 0 bridgehead atoms. The van der Waals surface area contributed by atoms with Gasteiger partial charge in [0.25, 0.3) is 0 Å². The van der Waals surface area contributed by atoms with Crippen LogP contribution in [0.15, 0.2) is 12.7 Å². The SMILES string of the molecule is C=CC[C@H](C#C[Si](C)(C)C)OC(C)=O. The number of hydrogen-bond acceptors (Lipinski definition) is 2. The molecule has 0 aliphatic carbocycles. The molecule has 78 valence electrons. The van der Waals surface area contributed by atoms with Gasteiger partial charge in [-0.1, -0.05) is 31.6 Å². The van der Waals surface area contributed by atoms with Crippen molar-refractivity contribution < 1.29 is 9.53 Å². The summed E-state index contributed by atoms with van der Waals surface area (Å²) in [6, 6.07) is 0. The van der Waals surface area contributed by atoms with E-state index in [1.165, 1.54) is 6.92 Å². The van der Waals surface area contributed by atoms with E-state index in [4.69, 9.17) is 4.74 Å². The fourth-order valence-corrected chi connectivity index (χ4v) is 1.38. The first-order chi connectivity index (χ1) is 6.35. The largest absolute Gasteiger partial charge is 0.449 e. The molecule has 0 unspecified atom stereocenters. The van der Waals surface area contributed by atoms with Crippen LogP contribution in [0.3, 0.4) is 0 Å². The summed E-state index contributed by atoms with van der Waals surface area (Å²) in [5.74, 6) is 2.70. The monoisotopic (exact) mass is 210 g/mol. The van der Waals surface area contributed by atoms with Crippen LogP contribution in [0.4, 0.5) is 0 Å². The van der Waals surface area contributed by atoms with Gasteiger partial charge in [0.1, 0.15) is 8.07 Å². The number of carbonyl (C=O) groups excluding carboxylic acids is 1. The zero-order valence-electron chi connectivity index (χ0n) is 9.39. The Kier molecular flexibility index (Phi) is 5.25. The molecule has 0 aromatic rings. The van der Waals surface area contributed by atoms with Gasteiger partial charge in [0.05, 0.1) is 0 Å². The van der Waals surface area contributed by atoms with Crippen molar-refractivity contribution in [3.63, 3.8) is 0 Å². The predicted octanol–water partition coefficient (Wildman–Crippen LogP) is 2.38. The number of carbonyl (C=O) groups is 1. The van der Waals surface area contributed by atoms with Gasteiger partial charge in [-0.05, 0) is 0 Å². The van der Waals surface area contributed by atoms with E-state index in [1.807, 2.05) is 0 Å². The Bertz CT molecular complexity index is 265. The lowest BCUT2D eigenvalue weighted by molar-refractivity contribution is -0.143. The maximum absolute atomic E-state index is 10.7. The molecule has 0 saturated heterocycles. The summed E-state index contributed by atoms with van der Waals surface area (Å²) in [5, 5.41) is 0. The third kappa shape index (κ3) is 7.63. The molecule has 2 nitrogen and oxygen atoms in total. The highest BCUT2D eigenvalue weighted by Crippen LogP contribution is 2.01. The second kappa shape index (κ2) is 5.66. The average Bonchev–Trinajstić information content (AvgIpc) is 1.98. The average molecular weight is 210 g/mol. The Morgan fingerprint density at radius 2 is 2.14 bits per heavy atom. The van der Waals surface area contributed by atoms with Crippen LogP contribution in [-0.4, -0.2) is 20.1 Å². The van der Waals surface area contributed by atoms with Crippen molar-refractivity contribution in [2.75, 3.05) is 0 Å². The van der Waals surface area contributed by atoms with Gasteiger partial charge >= 0.3 is 5.97 Å². The van der Waals surface area contributed by atoms with Gasteiger partial charge in [-0.3, -0.25) is 4.79 Å². The molecule has 0 radical (unpaired) electrons. The number of esters is 1. The van der Waals surface area contributed by atoms with Gasteiger partial charge in [0.2, 0.25) is 0 Å². The van der Waals surface area contributed by atoms with Crippen molar-refractivity contribution in [1.82, 2.24) is 0 Å². The van der Waals surface area contributed by atoms with Crippen LogP contribution in [0, 0.1) is 11.5 Å². The van der Waals surface area contributed by atoms with E-state index in [-0.39, 0.29) is 12.1 Å². The Balaban J connectivity index is 4.40. The Hall–Kier alpha value is -1.01. The molecule has 0 aromatic heterocycles. The third-order valence-corrected chi connectivity index (χ3v) is 2.19. The van der Waals surface area contributed by atoms with E-state index in [2.05, 4.69) is 37.7 Å². The Morgan fingerprint density at radius 3 is 2.50 bits per heavy atom. The van der Waals surface area contributed by atoms with Crippen LogP contribution < -0.4 is 0 Å². The van der Waals surface area contributed by atoms with Gasteiger partial charge in [0, 0.05) is 13.3 Å². The predicted molar refractivity (Wildman–Crippen MR) is 61.5 cm³/mol. The second-order valence-electron chi connectivity index (χ2n) is 4.14. The summed E-state index contributed by atoms with van der Waals surface area (Å²) in [6.45, 7) is 11.5. The van der Waals surface area contributed by atoms with Gasteiger partial charge < -0.3 is 4.74 Å². The number of ether oxygens (including phenoxy) is 1. The molecule has 0 spiro atoms. The lowest BCUT2D eigenvalue weighted by Crippen LogP contribution is -2.19. The smallest absolute Gasteiger partial charge is 0.303 e. The highest BCUT2D eigenvalue weighted by Gasteiger charge is 2.10. The van der Waals surface area contributed by atoms with E-state index in [1.54, 1.807) is 6.08 Å². The fourth-order valence-electron chi connectivity index (χ4n) is 0.785. The first kappa shape index (κ1) is 13.0. The van der Waals surface area contributed by atoms with Gasteiger partial charge in [-0.25, -0.2) is 0 Å². The molecule has 0 fully saturated rings. The zero-order chi connectivity index (χ0) is 11.2. The van der Waals surface area contributed by atoms with E-state index in [0.717, 1.165) is 0 Å². The van der Waals surface area contributed by atoms with E-state index in [0.29, 0.717) is 6.42 Å². The summed E-state index contributed by atoms with van der Waals surface area (Å²) in [6.07, 6.45) is 1.99. The number of hydrogen-bond donors (Lipinski definition) is 0. The van der Waals surface area contributed by atoms with E-state index in [9.17, 15) is 4.79 Å². The minimum atomic E-state index is -1.39. The molecular weight excluding hydrogens is 192 g/mol. The molecule has 0 amide bonds. The van der Waals surface area contributed by atoms with Crippen molar-refractivity contribution in [3.8, 4) is 11.5 Å². The summed E-state index contributed by atoms with van der Waals surface area (Å²) < 4.78 is 5.02. The molecule has 14 heavy (non-hydrogen) atoms. The fraction of sp³-hybridized carbons (Fsp3) is 0.545. The molecule has 1 atom stereocenters. The van der Waals surface area contributed by atoms with Crippen molar-refractivity contribution in [2.45, 2.75) is 39.1 Å². The molecule has 0 heterocycles. The molecule has 0 saturated carbocycles. The van der Waals surface area contributed by atoms with E-state index < -0.39 is 8.07 Å². The van der Waals surface area contributed by atoms with Gasteiger partial charge in [-0.15, -0.1) is 12.1 Å². The minimum Gasteiger partial charge on any atom is -0.449 e. The topological polar surface area (TPSA) is 26.3 Å². The molecule has 0 aromatic carbocycles. The van der Waals surface area contributed by atoms with Crippen molar-refractivity contribution in [2.24, 2.45) is 0 Å². The summed E-state index contributed by atoms with van der Waals surface area (Å²) in [7, 11) is -1.39. The van der Waals surface area contributed by atoms with Crippen LogP contribution in [0.5, 0.6) is 0 Å². The van der Waals surface area contributed by atoms with Crippen LogP contribution >= 0.6 is 0 Å². The summed E-state index contributed by atoms with van der Waals surface area (Å²) in [5.41, 5.74) is 3.18. The summed E-state index contributed by atoms with van der Waals surface area (Å²) in [4.78, 5) is 10.7. The highest BCUT2D eigenvalue weighted by atomic mass is 28.3. The quantitative estimate of drug-likeness (QED) is 0.309. The molecule has 0 rings (SSSR count). The maximum Gasteiger partial charge on any atom is 0.303 e. The molecule has 3 heteroatoms. The number of rotatable bonds is 3. The third-order valence-electron chi connectivity index (χ3n) is 1.30. The Labute approximate surface area is 87.4 Å². The summed E-state index contributed by atoms with van der Waals surface area (Å²) >= 11 is 0. The van der Waals surface area contributed by atoms with Crippen LogP contribution in [-0.2, 0) is 9.53 Å². The molecule has 0 N–H and O–H groups in total. The maximum atomic E-state index is 10.7. The van der Waals surface area contributed by atoms with Crippen molar-refractivity contribution in [1.29, 1.82) is 0 Å². The van der Waals surface area contributed by atoms with Crippen molar-refractivity contribution in [3.05, 3.63) is 12.7 Å². The van der Waals surface area contributed by atoms with Gasteiger partial charge in [-0.2, -0.15) is 0 Å². The first-order valence-electron chi connectivity index (χ1n) is 4.66. The zero-order valence-corrected chi connectivity index (χ0v) is 10.4. The molecule has 0 aliphatic rings. The standard InChI is InChI=1S/C11H18O2Si/c1-6-7-11(13-10(2)12)8-9-14(3,4)5/h6,11H,1,7H2,2-5H3/t11-/m1/s1. The minimum absolute atomic E-state index is 0.290. The van der Waals surface area contributed by atoms with E-state index >= 15 is 0 Å².